The van der Waals surface area contributed by atoms with Crippen LogP contribution in [-0.4, -0.2) is 19.5 Å². The summed E-state index contributed by atoms with van der Waals surface area (Å²) in [5.41, 5.74) is 5.33. The maximum absolute atomic E-state index is 4.87. The zero-order chi connectivity index (χ0) is 21.5. The lowest BCUT2D eigenvalue weighted by atomic mass is 10.1. The second-order valence-electron chi connectivity index (χ2n) is 7.78. The average molecular weight is 412 g/mol. The van der Waals surface area contributed by atoms with Crippen LogP contribution >= 0.6 is 0 Å². The minimum Gasteiger partial charge on any atom is -0.309 e. The number of para-hydroxylation sites is 3. The summed E-state index contributed by atoms with van der Waals surface area (Å²) in [6, 6.07) is 35.4. The summed E-state index contributed by atoms with van der Waals surface area (Å²) in [4.78, 5) is 14.2. The first-order chi connectivity index (χ1) is 15.8. The molecule has 0 saturated carbocycles. The molecule has 0 atom stereocenters. The second kappa shape index (κ2) is 7.43. The molecular formula is C28H20N4. The van der Waals surface area contributed by atoms with Crippen LogP contribution in [0.25, 0.3) is 50.3 Å². The number of rotatable bonds is 3. The second-order valence-corrected chi connectivity index (χ2v) is 7.78. The molecule has 32 heavy (non-hydrogen) atoms. The molecule has 4 nitrogen and oxygen atoms in total. The van der Waals surface area contributed by atoms with Crippen LogP contribution in [0.1, 0.15) is 5.82 Å². The van der Waals surface area contributed by atoms with Gasteiger partial charge >= 0.3 is 0 Å². The molecule has 2 heterocycles. The van der Waals surface area contributed by atoms with E-state index in [1.165, 1.54) is 10.8 Å². The van der Waals surface area contributed by atoms with E-state index in [0.29, 0.717) is 17.5 Å². The van der Waals surface area contributed by atoms with Crippen LogP contribution in [-0.2, 0) is 0 Å². The van der Waals surface area contributed by atoms with E-state index >= 15 is 0 Å². The summed E-state index contributed by atoms with van der Waals surface area (Å²) >= 11 is 0. The highest BCUT2D eigenvalue weighted by Crippen LogP contribution is 2.35. The van der Waals surface area contributed by atoms with Gasteiger partial charge in [-0.3, -0.25) is 0 Å². The van der Waals surface area contributed by atoms with Crippen molar-refractivity contribution in [1.29, 1.82) is 0 Å². The molecule has 0 spiro atoms. The summed E-state index contributed by atoms with van der Waals surface area (Å²) < 4.78 is 2.31. The fraction of sp³-hybridized carbons (Fsp3) is 0.0357. The van der Waals surface area contributed by atoms with Gasteiger partial charge in [0.2, 0.25) is 0 Å². The van der Waals surface area contributed by atoms with Gasteiger partial charge in [0.05, 0.1) is 16.7 Å². The standard InChI is InChI=1S/C28H20N4/c1-19-29-27(20-11-3-2-4-12-20)31-28(30-19)23-15-7-10-18-26(23)32-24-16-8-5-13-21(24)22-14-6-9-17-25(22)32/h2-18H,1H3. The molecular weight excluding hydrogens is 392 g/mol. The third kappa shape index (κ3) is 2.96. The molecule has 0 N–H and O–H groups in total. The summed E-state index contributed by atoms with van der Waals surface area (Å²) in [5, 5.41) is 2.46. The van der Waals surface area contributed by atoms with Crippen LogP contribution in [0.4, 0.5) is 0 Å². The van der Waals surface area contributed by atoms with Gasteiger partial charge < -0.3 is 4.57 Å². The number of hydrogen-bond donors (Lipinski definition) is 0. The highest BCUT2D eigenvalue weighted by molar-refractivity contribution is 6.09. The molecule has 0 aliphatic carbocycles. The van der Waals surface area contributed by atoms with Crippen molar-refractivity contribution in [3.05, 3.63) is 109 Å². The molecule has 6 rings (SSSR count). The molecule has 4 heteroatoms. The van der Waals surface area contributed by atoms with Crippen molar-refractivity contribution in [2.75, 3.05) is 0 Å². The van der Waals surface area contributed by atoms with E-state index in [2.05, 4.69) is 76.3 Å². The van der Waals surface area contributed by atoms with Crippen LogP contribution in [0.3, 0.4) is 0 Å². The maximum atomic E-state index is 4.87. The molecule has 152 valence electrons. The number of fused-ring (bicyclic) bond motifs is 3. The van der Waals surface area contributed by atoms with E-state index in [1.807, 2.05) is 43.3 Å². The Balaban J connectivity index is 1.64. The highest BCUT2D eigenvalue weighted by atomic mass is 15.0. The van der Waals surface area contributed by atoms with E-state index in [4.69, 9.17) is 9.97 Å². The van der Waals surface area contributed by atoms with Crippen molar-refractivity contribution >= 4 is 21.8 Å². The van der Waals surface area contributed by atoms with Gasteiger partial charge in [0, 0.05) is 21.9 Å². The van der Waals surface area contributed by atoms with E-state index < -0.39 is 0 Å². The fourth-order valence-corrected chi connectivity index (χ4v) is 4.36. The van der Waals surface area contributed by atoms with Gasteiger partial charge in [-0.05, 0) is 31.2 Å². The normalized spacial score (nSPS) is 11.3. The number of hydrogen-bond acceptors (Lipinski definition) is 3. The molecule has 0 bridgehead atoms. The first-order valence-corrected chi connectivity index (χ1v) is 10.7. The van der Waals surface area contributed by atoms with Gasteiger partial charge in [-0.1, -0.05) is 78.9 Å². The molecule has 0 fully saturated rings. The van der Waals surface area contributed by atoms with Crippen molar-refractivity contribution in [2.24, 2.45) is 0 Å². The van der Waals surface area contributed by atoms with Crippen LogP contribution in [0, 0.1) is 6.92 Å². The van der Waals surface area contributed by atoms with E-state index in [-0.39, 0.29) is 0 Å². The van der Waals surface area contributed by atoms with Crippen molar-refractivity contribution in [2.45, 2.75) is 6.92 Å². The minimum atomic E-state index is 0.675. The first kappa shape index (κ1) is 18.5. The van der Waals surface area contributed by atoms with Gasteiger partial charge in [-0.15, -0.1) is 0 Å². The third-order valence-electron chi connectivity index (χ3n) is 5.75. The Kier molecular flexibility index (Phi) is 4.29. The highest BCUT2D eigenvalue weighted by Gasteiger charge is 2.17. The van der Waals surface area contributed by atoms with Crippen molar-refractivity contribution in [3.63, 3.8) is 0 Å². The number of aryl methyl sites for hydroxylation is 1. The Hall–Kier alpha value is -4.31. The molecule has 2 aromatic heterocycles. The molecule has 0 amide bonds. The van der Waals surface area contributed by atoms with Crippen molar-refractivity contribution in [3.8, 4) is 28.5 Å². The molecule has 0 unspecified atom stereocenters. The molecule has 4 aromatic carbocycles. The summed E-state index contributed by atoms with van der Waals surface area (Å²) in [6.45, 7) is 1.92. The fourth-order valence-electron chi connectivity index (χ4n) is 4.36. The number of benzene rings is 4. The Bertz CT molecular complexity index is 1530. The lowest BCUT2D eigenvalue weighted by Gasteiger charge is -2.13. The predicted molar refractivity (Wildman–Crippen MR) is 130 cm³/mol. The van der Waals surface area contributed by atoms with E-state index in [0.717, 1.165) is 27.8 Å². The van der Waals surface area contributed by atoms with Crippen molar-refractivity contribution < 1.29 is 0 Å². The predicted octanol–water partition coefficient (Wildman–Crippen LogP) is 6.61. The Morgan fingerprint density at radius 1 is 0.531 bits per heavy atom. The smallest absolute Gasteiger partial charge is 0.165 e. The molecule has 0 aliphatic rings. The molecule has 0 aliphatic heterocycles. The Labute approximate surface area is 185 Å². The number of nitrogens with zero attached hydrogens (tertiary/aromatic N) is 4. The first-order valence-electron chi connectivity index (χ1n) is 10.7. The lowest BCUT2D eigenvalue weighted by molar-refractivity contribution is 0.988. The topological polar surface area (TPSA) is 43.6 Å². The van der Waals surface area contributed by atoms with Crippen LogP contribution in [0.5, 0.6) is 0 Å². The Morgan fingerprint density at radius 2 is 1.09 bits per heavy atom. The van der Waals surface area contributed by atoms with Crippen LogP contribution < -0.4 is 0 Å². The summed E-state index contributed by atoms with van der Waals surface area (Å²) in [5.74, 6) is 2.06. The van der Waals surface area contributed by atoms with Crippen LogP contribution in [0.15, 0.2) is 103 Å². The van der Waals surface area contributed by atoms with Gasteiger partial charge in [0.15, 0.2) is 11.6 Å². The van der Waals surface area contributed by atoms with Gasteiger partial charge in [0.25, 0.3) is 0 Å². The average Bonchev–Trinajstić information content (AvgIpc) is 3.19. The van der Waals surface area contributed by atoms with Gasteiger partial charge in [0.1, 0.15) is 5.82 Å². The van der Waals surface area contributed by atoms with E-state index in [1.54, 1.807) is 0 Å². The third-order valence-corrected chi connectivity index (χ3v) is 5.75. The quantitative estimate of drug-likeness (QED) is 0.328. The zero-order valence-electron chi connectivity index (χ0n) is 17.6. The minimum absolute atomic E-state index is 0.675. The molecule has 0 saturated heterocycles. The maximum Gasteiger partial charge on any atom is 0.165 e. The summed E-state index contributed by atoms with van der Waals surface area (Å²) in [7, 11) is 0. The Morgan fingerprint density at radius 3 is 1.81 bits per heavy atom. The monoisotopic (exact) mass is 412 g/mol. The van der Waals surface area contributed by atoms with Crippen LogP contribution in [0.2, 0.25) is 0 Å². The largest absolute Gasteiger partial charge is 0.309 e. The molecule has 0 radical (unpaired) electrons. The van der Waals surface area contributed by atoms with Crippen molar-refractivity contribution in [1.82, 2.24) is 19.5 Å². The lowest BCUT2D eigenvalue weighted by Crippen LogP contribution is -2.03. The molecule has 6 aromatic rings. The number of aromatic nitrogens is 4. The van der Waals surface area contributed by atoms with Gasteiger partial charge in [-0.25, -0.2) is 15.0 Å². The van der Waals surface area contributed by atoms with E-state index in [9.17, 15) is 0 Å². The summed E-state index contributed by atoms with van der Waals surface area (Å²) in [6.07, 6.45) is 0. The zero-order valence-corrected chi connectivity index (χ0v) is 17.6. The van der Waals surface area contributed by atoms with Gasteiger partial charge in [-0.2, -0.15) is 0 Å². The SMILES string of the molecule is Cc1nc(-c2ccccc2)nc(-c2ccccc2-n2c3ccccc3c3ccccc32)n1.